The van der Waals surface area contributed by atoms with Gasteiger partial charge in [0.25, 0.3) is 0 Å². The van der Waals surface area contributed by atoms with Gasteiger partial charge in [-0.2, -0.15) is 0 Å². The lowest BCUT2D eigenvalue weighted by Gasteiger charge is -2.04. The fourth-order valence-corrected chi connectivity index (χ4v) is 2.35. The van der Waals surface area contributed by atoms with Crippen LogP contribution in [0.3, 0.4) is 0 Å². The molecule has 5 nitrogen and oxygen atoms in total. The zero-order valence-electron chi connectivity index (χ0n) is 11.4. The minimum absolute atomic E-state index is 0.0940. The standard InChI is InChI=1S/C13H19N3O2S/c1-4-19(17,18)14-8-10-5-6-11-12(7-10)16-13(15-11)9(2)3/h5-7,9,14H,4,8H2,1-3H3,(H,15,16). The summed E-state index contributed by atoms with van der Waals surface area (Å²) in [6.45, 7) is 6.08. The van der Waals surface area contributed by atoms with Gasteiger partial charge in [0.2, 0.25) is 10.0 Å². The van der Waals surface area contributed by atoms with Gasteiger partial charge in [-0.25, -0.2) is 18.1 Å². The van der Waals surface area contributed by atoms with E-state index in [2.05, 4.69) is 28.5 Å². The molecule has 1 aromatic heterocycles. The second-order valence-corrected chi connectivity index (χ2v) is 6.95. The van der Waals surface area contributed by atoms with Crippen molar-refractivity contribution < 1.29 is 8.42 Å². The second-order valence-electron chi connectivity index (χ2n) is 4.85. The van der Waals surface area contributed by atoms with Gasteiger partial charge < -0.3 is 4.98 Å². The predicted octanol–water partition coefficient (Wildman–Crippen LogP) is 2.13. The topological polar surface area (TPSA) is 74.8 Å². The zero-order chi connectivity index (χ0) is 14.0. The van der Waals surface area contributed by atoms with Crippen LogP contribution < -0.4 is 4.72 Å². The molecule has 6 heteroatoms. The Morgan fingerprint density at radius 2 is 2.11 bits per heavy atom. The molecule has 0 aliphatic heterocycles. The molecule has 0 radical (unpaired) electrons. The maximum absolute atomic E-state index is 11.4. The van der Waals surface area contributed by atoms with Gasteiger partial charge in [-0.1, -0.05) is 19.9 Å². The number of aromatic nitrogens is 2. The molecule has 2 aromatic rings. The number of benzene rings is 1. The Morgan fingerprint density at radius 1 is 1.37 bits per heavy atom. The van der Waals surface area contributed by atoms with Crippen molar-refractivity contribution in [3.8, 4) is 0 Å². The van der Waals surface area contributed by atoms with Gasteiger partial charge in [-0.05, 0) is 24.6 Å². The molecule has 19 heavy (non-hydrogen) atoms. The van der Waals surface area contributed by atoms with Crippen LogP contribution in [0.15, 0.2) is 18.2 Å². The molecule has 0 aliphatic carbocycles. The SMILES string of the molecule is CCS(=O)(=O)NCc1ccc2nc(C(C)C)[nH]c2c1. The van der Waals surface area contributed by atoms with E-state index in [1.807, 2.05) is 18.2 Å². The lowest BCUT2D eigenvalue weighted by molar-refractivity contribution is 0.582. The van der Waals surface area contributed by atoms with E-state index >= 15 is 0 Å². The fourth-order valence-electron chi connectivity index (χ4n) is 1.76. The van der Waals surface area contributed by atoms with E-state index in [1.54, 1.807) is 6.92 Å². The van der Waals surface area contributed by atoms with Gasteiger partial charge in [0.05, 0.1) is 16.8 Å². The molecule has 0 amide bonds. The van der Waals surface area contributed by atoms with Gasteiger partial charge >= 0.3 is 0 Å². The zero-order valence-corrected chi connectivity index (χ0v) is 12.2. The number of hydrogen-bond donors (Lipinski definition) is 2. The number of aromatic amines is 1. The van der Waals surface area contributed by atoms with E-state index in [-0.39, 0.29) is 5.75 Å². The van der Waals surface area contributed by atoms with Crippen molar-refractivity contribution in [2.24, 2.45) is 0 Å². The molecule has 104 valence electrons. The van der Waals surface area contributed by atoms with Crippen molar-refractivity contribution in [3.05, 3.63) is 29.6 Å². The summed E-state index contributed by atoms with van der Waals surface area (Å²) in [7, 11) is -3.16. The molecule has 0 atom stereocenters. The summed E-state index contributed by atoms with van der Waals surface area (Å²) in [6.07, 6.45) is 0. The van der Waals surface area contributed by atoms with Gasteiger partial charge in [0.15, 0.2) is 0 Å². The average Bonchev–Trinajstić information content (AvgIpc) is 2.79. The lowest BCUT2D eigenvalue weighted by Crippen LogP contribution is -2.24. The highest BCUT2D eigenvalue weighted by Gasteiger charge is 2.09. The summed E-state index contributed by atoms with van der Waals surface area (Å²) in [5.74, 6) is 1.38. The molecule has 2 rings (SSSR count). The number of rotatable bonds is 5. The van der Waals surface area contributed by atoms with Gasteiger partial charge in [-0.3, -0.25) is 0 Å². The van der Waals surface area contributed by atoms with Crippen molar-refractivity contribution in [1.29, 1.82) is 0 Å². The summed E-state index contributed by atoms with van der Waals surface area (Å²) >= 11 is 0. The smallest absolute Gasteiger partial charge is 0.211 e. The van der Waals surface area contributed by atoms with Crippen LogP contribution in [0.25, 0.3) is 11.0 Å². The van der Waals surface area contributed by atoms with Crippen LogP contribution >= 0.6 is 0 Å². The van der Waals surface area contributed by atoms with Crippen LogP contribution in [0.5, 0.6) is 0 Å². The monoisotopic (exact) mass is 281 g/mol. The van der Waals surface area contributed by atoms with Crippen molar-refractivity contribution >= 4 is 21.1 Å². The Labute approximate surface area is 113 Å². The quantitative estimate of drug-likeness (QED) is 0.881. The maximum Gasteiger partial charge on any atom is 0.211 e. The predicted molar refractivity (Wildman–Crippen MR) is 76.5 cm³/mol. The molecule has 0 saturated carbocycles. The molecule has 0 bridgehead atoms. The van der Waals surface area contributed by atoms with E-state index in [0.717, 1.165) is 22.4 Å². The Morgan fingerprint density at radius 3 is 2.74 bits per heavy atom. The maximum atomic E-state index is 11.4. The molecule has 0 aliphatic rings. The van der Waals surface area contributed by atoms with Crippen LogP contribution in [0, 0.1) is 0 Å². The number of nitrogens with zero attached hydrogens (tertiary/aromatic N) is 1. The minimum Gasteiger partial charge on any atom is -0.342 e. The lowest BCUT2D eigenvalue weighted by atomic mass is 10.2. The number of H-pyrrole nitrogens is 1. The first-order valence-corrected chi connectivity index (χ1v) is 8.02. The first-order valence-electron chi connectivity index (χ1n) is 6.37. The first-order chi connectivity index (χ1) is 8.91. The number of nitrogens with one attached hydrogen (secondary N) is 2. The molecule has 1 heterocycles. The molecule has 0 saturated heterocycles. The number of imidazole rings is 1. The van der Waals surface area contributed by atoms with E-state index in [4.69, 9.17) is 0 Å². The Hall–Kier alpha value is -1.40. The number of sulfonamides is 1. The fraction of sp³-hybridized carbons (Fsp3) is 0.462. The van der Waals surface area contributed by atoms with Gasteiger partial charge in [0.1, 0.15) is 5.82 Å². The second kappa shape index (κ2) is 5.30. The van der Waals surface area contributed by atoms with E-state index < -0.39 is 10.0 Å². The van der Waals surface area contributed by atoms with Crippen molar-refractivity contribution in [1.82, 2.24) is 14.7 Å². The highest BCUT2D eigenvalue weighted by molar-refractivity contribution is 7.89. The summed E-state index contributed by atoms with van der Waals surface area (Å²) in [6, 6.07) is 5.74. The molecule has 0 fully saturated rings. The van der Waals surface area contributed by atoms with Crippen LogP contribution in [0.4, 0.5) is 0 Å². The Balaban J connectivity index is 2.22. The average molecular weight is 281 g/mol. The Kier molecular flexibility index (Phi) is 3.91. The molecule has 0 unspecified atom stereocenters. The molecule has 2 N–H and O–H groups in total. The number of fused-ring (bicyclic) bond motifs is 1. The molecular weight excluding hydrogens is 262 g/mol. The molecule has 1 aromatic carbocycles. The molecule has 0 spiro atoms. The summed E-state index contributed by atoms with van der Waals surface area (Å²) in [4.78, 5) is 7.74. The highest BCUT2D eigenvalue weighted by Crippen LogP contribution is 2.18. The van der Waals surface area contributed by atoms with E-state index in [9.17, 15) is 8.42 Å². The summed E-state index contributed by atoms with van der Waals surface area (Å²) < 4.78 is 25.4. The molecular formula is C13H19N3O2S. The van der Waals surface area contributed by atoms with Crippen molar-refractivity contribution in [2.45, 2.75) is 33.2 Å². The van der Waals surface area contributed by atoms with Crippen molar-refractivity contribution in [3.63, 3.8) is 0 Å². The normalized spacial score (nSPS) is 12.4. The largest absolute Gasteiger partial charge is 0.342 e. The van der Waals surface area contributed by atoms with Crippen molar-refractivity contribution in [2.75, 3.05) is 5.75 Å². The third-order valence-electron chi connectivity index (χ3n) is 2.99. The van der Waals surface area contributed by atoms with Crippen LogP contribution in [-0.4, -0.2) is 24.1 Å². The summed E-state index contributed by atoms with van der Waals surface area (Å²) in [5, 5.41) is 0. The van der Waals surface area contributed by atoms with Gasteiger partial charge in [-0.15, -0.1) is 0 Å². The third-order valence-corrected chi connectivity index (χ3v) is 4.33. The minimum atomic E-state index is -3.16. The third kappa shape index (κ3) is 3.33. The Bertz CT molecular complexity index is 674. The van der Waals surface area contributed by atoms with E-state index in [1.165, 1.54) is 0 Å². The van der Waals surface area contributed by atoms with Crippen LogP contribution in [0.2, 0.25) is 0 Å². The van der Waals surface area contributed by atoms with Gasteiger partial charge in [0, 0.05) is 12.5 Å². The first kappa shape index (κ1) is 14.0. The highest BCUT2D eigenvalue weighted by atomic mass is 32.2. The van der Waals surface area contributed by atoms with E-state index in [0.29, 0.717) is 12.5 Å². The van der Waals surface area contributed by atoms with Crippen LogP contribution in [0.1, 0.15) is 38.1 Å². The number of hydrogen-bond acceptors (Lipinski definition) is 3. The summed E-state index contributed by atoms with van der Waals surface area (Å²) in [5.41, 5.74) is 2.77. The van der Waals surface area contributed by atoms with Crippen LogP contribution in [-0.2, 0) is 16.6 Å².